The number of carbonyl (C=O) groups excluding carboxylic acids is 1. The molecule has 1 aliphatic heterocycles. The van der Waals surface area contributed by atoms with Gasteiger partial charge in [0.25, 0.3) is 0 Å². The first-order chi connectivity index (χ1) is 9.24. The maximum absolute atomic E-state index is 12.1. The van der Waals surface area contributed by atoms with Crippen LogP contribution in [0.5, 0.6) is 5.75 Å². The van der Waals surface area contributed by atoms with Crippen LogP contribution in [0.1, 0.15) is 13.3 Å². The summed E-state index contributed by atoms with van der Waals surface area (Å²) < 4.78 is 10.7. The van der Waals surface area contributed by atoms with E-state index < -0.39 is 0 Å². The molecule has 5 heteroatoms. The van der Waals surface area contributed by atoms with E-state index in [1.54, 1.807) is 7.11 Å². The van der Waals surface area contributed by atoms with Gasteiger partial charge in [-0.15, -0.1) is 0 Å². The van der Waals surface area contributed by atoms with E-state index in [9.17, 15) is 4.79 Å². The Balaban J connectivity index is 1.99. The smallest absolute Gasteiger partial charge is 0.241 e. The lowest BCUT2D eigenvalue weighted by molar-refractivity contribution is -0.118. The normalized spacial score (nSPS) is 22.2. The lowest BCUT2D eigenvalue weighted by Crippen LogP contribution is -2.35. The minimum atomic E-state index is -0.209. The second-order valence-electron chi connectivity index (χ2n) is 4.47. The van der Waals surface area contributed by atoms with Gasteiger partial charge in [-0.05, 0) is 25.5 Å². The van der Waals surface area contributed by atoms with Crippen molar-refractivity contribution in [1.82, 2.24) is 5.32 Å². The Morgan fingerprint density at radius 3 is 2.95 bits per heavy atom. The number of benzene rings is 1. The summed E-state index contributed by atoms with van der Waals surface area (Å²) in [6.45, 7) is 3.20. The number of anilines is 1. The summed E-state index contributed by atoms with van der Waals surface area (Å²) in [5, 5.41) is 6.05. The molecule has 0 aromatic heterocycles. The van der Waals surface area contributed by atoms with Gasteiger partial charge < -0.3 is 20.1 Å². The fourth-order valence-corrected chi connectivity index (χ4v) is 2.15. The highest BCUT2D eigenvalue weighted by molar-refractivity contribution is 5.96. The molecule has 0 spiro atoms. The lowest BCUT2D eigenvalue weighted by atomic mass is 10.2. The largest absolute Gasteiger partial charge is 0.492 e. The van der Waals surface area contributed by atoms with Gasteiger partial charge in [-0.25, -0.2) is 0 Å². The Morgan fingerprint density at radius 2 is 2.26 bits per heavy atom. The first-order valence-corrected chi connectivity index (χ1v) is 6.53. The quantitative estimate of drug-likeness (QED) is 0.844. The highest BCUT2D eigenvalue weighted by atomic mass is 16.5. The number of rotatable bonds is 5. The number of carbonyl (C=O) groups is 1. The van der Waals surface area contributed by atoms with Crippen LogP contribution in [0, 0.1) is 0 Å². The van der Waals surface area contributed by atoms with Crippen molar-refractivity contribution < 1.29 is 14.3 Å². The van der Waals surface area contributed by atoms with Gasteiger partial charge in [-0.3, -0.25) is 4.79 Å². The molecule has 1 amide bonds. The van der Waals surface area contributed by atoms with Crippen molar-refractivity contribution in [2.75, 3.05) is 25.6 Å². The molecule has 0 bridgehead atoms. The van der Waals surface area contributed by atoms with E-state index in [2.05, 4.69) is 10.6 Å². The van der Waals surface area contributed by atoms with Crippen molar-refractivity contribution >= 4 is 11.6 Å². The Labute approximate surface area is 113 Å². The molecule has 0 aliphatic carbocycles. The third-order valence-electron chi connectivity index (χ3n) is 3.19. The molecule has 1 aromatic carbocycles. The van der Waals surface area contributed by atoms with E-state index in [1.807, 2.05) is 31.2 Å². The van der Waals surface area contributed by atoms with Crippen molar-refractivity contribution in [3.63, 3.8) is 0 Å². The average molecular weight is 264 g/mol. The van der Waals surface area contributed by atoms with Gasteiger partial charge >= 0.3 is 0 Å². The van der Waals surface area contributed by atoms with Crippen LogP contribution in [0.3, 0.4) is 0 Å². The van der Waals surface area contributed by atoms with Crippen LogP contribution in [0.2, 0.25) is 0 Å². The van der Waals surface area contributed by atoms with Crippen molar-refractivity contribution in [3.05, 3.63) is 24.3 Å². The van der Waals surface area contributed by atoms with E-state index in [1.165, 1.54) is 0 Å². The standard InChI is InChI=1S/C14H20N2O3/c1-3-19-13-7-5-4-6-11(13)16-14(17)12-8-10(18-2)9-15-12/h4-7,10,12,15H,3,8-9H2,1-2H3,(H,16,17). The number of methoxy groups -OCH3 is 1. The predicted octanol–water partition coefficient (Wildman–Crippen LogP) is 1.40. The Bertz CT molecular complexity index is 436. The zero-order chi connectivity index (χ0) is 13.7. The van der Waals surface area contributed by atoms with Crippen LogP contribution in [0.25, 0.3) is 0 Å². The molecule has 1 fully saturated rings. The number of amides is 1. The van der Waals surface area contributed by atoms with Crippen LogP contribution in [-0.4, -0.2) is 38.3 Å². The summed E-state index contributed by atoms with van der Waals surface area (Å²) in [5.74, 6) is 0.645. The zero-order valence-corrected chi connectivity index (χ0v) is 11.3. The summed E-state index contributed by atoms with van der Waals surface area (Å²) in [7, 11) is 1.66. The third kappa shape index (κ3) is 3.45. The van der Waals surface area contributed by atoms with Crippen molar-refractivity contribution in [1.29, 1.82) is 0 Å². The summed E-state index contributed by atoms with van der Waals surface area (Å²) in [6, 6.07) is 7.23. The molecular formula is C14H20N2O3. The minimum absolute atomic E-state index is 0.0493. The van der Waals surface area contributed by atoms with Gasteiger partial charge in [-0.1, -0.05) is 12.1 Å². The fraction of sp³-hybridized carbons (Fsp3) is 0.500. The molecule has 2 N–H and O–H groups in total. The van der Waals surface area contributed by atoms with E-state index in [0.717, 1.165) is 0 Å². The Hall–Kier alpha value is -1.59. The Morgan fingerprint density at radius 1 is 1.47 bits per heavy atom. The molecule has 0 radical (unpaired) electrons. The number of hydrogen-bond acceptors (Lipinski definition) is 4. The summed E-state index contributed by atoms with van der Waals surface area (Å²) in [6.07, 6.45) is 0.803. The van der Waals surface area contributed by atoms with Crippen molar-refractivity contribution in [2.45, 2.75) is 25.5 Å². The second kappa shape index (κ2) is 6.54. The highest BCUT2D eigenvalue weighted by Crippen LogP contribution is 2.24. The zero-order valence-electron chi connectivity index (χ0n) is 11.3. The monoisotopic (exact) mass is 264 g/mol. The van der Waals surface area contributed by atoms with Crippen LogP contribution < -0.4 is 15.4 Å². The maximum atomic E-state index is 12.1. The van der Waals surface area contributed by atoms with Gasteiger partial charge in [0.2, 0.25) is 5.91 Å². The van der Waals surface area contributed by atoms with Crippen LogP contribution >= 0.6 is 0 Å². The van der Waals surface area contributed by atoms with E-state index in [0.29, 0.717) is 31.0 Å². The van der Waals surface area contributed by atoms with E-state index >= 15 is 0 Å². The number of ether oxygens (including phenoxy) is 2. The van der Waals surface area contributed by atoms with E-state index in [4.69, 9.17) is 9.47 Å². The third-order valence-corrected chi connectivity index (χ3v) is 3.19. The SMILES string of the molecule is CCOc1ccccc1NC(=O)C1CC(OC)CN1. The molecule has 1 aliphatic rings. The minimum Gasteiger partial charge on any atom is -0.492 e. The molecule has 104 valence electrons. The van der Waals surface area contributed by atoms with Gasteiger partial charge in [0, 0.05) is 13.7 Å². The van der Waals surface area contributed by atoms with Crippen molar-refractivity contribution in [2.24, 2.45) is 0 Å². The molecule has 2 unspecified atom stereocenters. The molecule has 5 nitrogen and oxygen atoms in total. The molecule has 2 atom stereocenters. The molecule has 2 rings (SSSR count). The molecule has 1 saturated heterocycles. The highest BCUT2D eigenvalue weighted by Gasteiger charge is 2.29. The van der Waals surface area contributed by atoms with Gasteiger partial charge in [-0.2, -0.15) is 0 Å². The number of hydrogen-bond donors (Lipinski definition) is 2. The first kappa shape index (κ1) is 13.8. The Kier molecular flexibility index (Phi) is 4.76. The molecule has 0 saturated carbocycles. The summed E-state index contributed by atoms with van der Waals surface area (Å²) >= 11 is 0. The van der Waals surface area contributed by atoms with Gasteiger partial charge in [0.15, 0.2) is 0 Å². The molecule has 1 heterocycles. The van der Waals surface area contributed by atoms with E-state index in [-0.39, 0.29) is 18.1 Å². The second-order valence-corrected chi connectivity index (χ2v) is 4.47. The first-order valence-electron chi connectivity index (χ1n) is 6.53. The van der Waals surface area contributed by atoms with Crippen LogP contribution in [0.4, 0.5) is 5.69 Å². The van der Waals surface area contributed by atoms with Gasteiger partial charge in [0.05, 0.1) is 24.4 Å². The summed E-state index contributed by atoms with van der Waals surface area (Å²) in [5.41, 5.74) is 0.706. The van der Waals surface area contributed by atoms with Crippen LogP contribution in [0.15, 0.2) is 24.3 Å². The maximum Gasteiger partial charge on any atom is 0.241 e. The molecule has 1 aromatic rings. The molecular weight excluding hydrogens is 244 g/mol. The fourth-order valence-electron chi connectivity index (χ4n) is 2.15. The summed E-state index contributed by atoms with van der Waals surface area (Å²) in [4.78, 5) is 12.1. The predicted molar refractivity (Wildman–Crippen MR) is 73.4 cm³/mol. The number of para-hydroxylation sites is 2. The van der Waals surface area contributed by atoms with Crippen LogP contribution in [-0.2, 0) is 9.53 Å². The lowest BCUT2D eigenvalue weighted by Gasteiger charge is -2.14. The topological polar surface area (TPSA) is 59.6 Å². The molecule has 19 heavy (non-hydrogen) atoms. The number of nitrogens with one attached hydrogen (secondary N) is 2. The average Bonchev–Trinajstić information content (AvgIpc) is 2.90. The van der Waals surface area contributed by atoms with Gasteiger partial charge in [0.1, 0.15) is 5.75 Å². The van der Waals surface area contributed by atoms with Crippen molar-refractivity contribution in [3.8, 4) is 5.75 Å².